The number of hydrogen-bond acceptors (Lipinski definition) is 5. The second kappa shape index (κ2) is 8.80. The Bertz CT molecular complexity index is 1340. The normalized spacial score (nSPS) is 12.2. The molecule has 164 valence electrons. The molecule has 32 heavy (non-hydrogen) atoms. The summed E-state index contributed by atoms with van der Waals surface area (Å²) in [6.07, 6.45) is 4.68. The van der Waals surface area contributed by atoms with E-state index in [1.807, 2.05) is 67.2 Å². The number of amides is 2. The quantitative estimate of drug-likeness (QED) is 0.488. The summed E-state index contributed by atoms with van der Waals surface area (Å²) in [5.41, 5.74) is 2.30. The van der Waals surface area contributed by atoms with Crippen molar-refractivity contribution in [3.05, 3.63) is 76.3 Å². The first-order chi connectivity index (χ1) is 15.3. The predicted octanol–water partition coefficient (Wildman–Crippen LogP) is 4.18. The summed E-state index contributed by atoms with van der Waals surface area (Å²) in [5.74, 6) is -0.344. The molecule has 3 aromatic heterocycles. The summed E-state index contributed by atoms with van der Waals surface area (Å²) in [7, 11) is 0. The third-order valence-corrected chi connectivity index (χ3v) is 5.25. The standard InChI is InChI=1S/C23H23N5O3S/c1-23(2,3)31-22(30)26-13-15-6-4-7-16(12-15)28-10-11-32-21(28)27-20(29)18-14-25-19-17(18)8-5-9-24-19/h4-12,14H,13H2,1-3H3,(H,24,25)(H,26,30). The van der Waals surface area contributed by atoms with Gasteiger partial charge in [0.05, 0.1) is 5.56 Å². The van der Waals surface area contributed by atoms with Crippen molar-refractivity contribution in [3.63, 3.8) is 0 Å². The lowest BCUT2D eigenvalue weighted by molar-refractivity contribution is 0.0523. The summed E-state index contributed by atoms with van der Waals surface area (Å²) in [5, 5.41) is 5.36. The zero-order valence-corrected chi connectivity index (χ0v) is 18.8. The van der Waals surface area contributed by atoms with Crippen molar-refractivity contribution < 1.29 is 14.3 Å². The monoisotopic (exact) mass is 449 g/mol. The lowest BCUT2D eigenvalue weighted by Gasteiger charge is -2.19. The van der Waals surface area contributed by atoms with Gasteiger partial charge in [0.1, 0.15) is 11.2 Å². The highest BCUT2D eigenvalue weighted by atomic mass is 32.1. The van der Waals surface area contributed by atoms with E-state index in [0.717, 1.165) is 16.6 Å². The van der Waals surface area contributed by atoms with Gasteiger partial charge < -0.3 is 15.0 Å². The Balaban J connectivity index is 1.56. The summed E-state index contributed by atoms with van der Waals surface area (Å²) in [4.78, 5) is 36.9. The zero-order valence-electron chi connectivity index (χ0n) is 18.0. The number of benzene rings is 1. The van der Waals surface area contributed by atoms with Crippen LogP contribution in [-0.2, 0) is 11.3 Å². The first-order valence-electron chi connectivity index (χ1n) is 10.0. The van der Waals surface area contributed by atoms with E-state index in [2.05, 4.69) is 20.3 Å². The Kier molecular flexibility index (Phi) is 5.91. The summed E-state index contributed by atoms with van der Waals surface area (Å²) < 4.78 is 7.12. The number of H-pyrrole nitrogens is 1. The van der Waals surface area contributed by atoms with Crippen molar-refractivity contribution in [1.82, 2.24) is 19.9 Å². The van der Waals surface area contributed by atoms with E-state index in [4.69, 9.17) is 4.74 Å². The molecule has 8 nitrogen and oxygen atoms in total. The van der Waals surface area contributed by atoms with Gasteiger partial charge >= 0.3 is 6.09 Å². The molecular formula is C23H23N5O3S. The number of aromatic amines is 1. The number of rotatable bonds is 4. The maximum Gasteiger partial charge on any atom is 0.407 e. The zero-order chi connectivity index (χ0) is 22.7. The molecule has 0 aliphatic rings. The largest absolute Gasteiger partial charge is 0.444 e. The third kappa shape index (κ3) is 4.94. The Hall–Kier alpha value is -3.72. The molecule has 9 heteroatoms. The highest BCUT2D eigenvalue weighted by Gasteiger charge is 2.16. The highest BCUT2D eigenvalue weighted by Crippen LogP contribution is 2.17. The fourth-order valence-electron chi connectivity index (χ4n) is 3.13. The van der Waals surface area contributed by atoms with Gasteiger partial charge in [0.15, 0.2) is 4.80 Å². The first-order valence-corrected chi connectivity index (χ1v) is 10.9. The summed E-state index contributed by atoms with van der Waals surface area (Å²) in [6.45, 7) is 5.78. The van der Waals surface area contributed by atoms with Crippen LogP contribution in [0.2, 0.25) is 0 Å². The van der Waals surface area contributed by atoms with Gasteiger partial charge in [0, 0.05) is 41.6 Å². The van der Waals surface area contributed by atoms with Crippen molar-refractivity contribution in [3.8, 4) is 5.69 Å². The van der Waals surface area contributed by atoms with Gasteiger partial charge in [-0.05, 0) is 50.6 Å². The number of nitrogens with one attached hydrogen (secondary N) is 2. The van der Waals surface area contributed by atoms with E-state index in [9.17, 15) is 9.59 Å². The maximum absolute atomic E-state index is 12.8. The van der Waals surface area contributed by atoms with Crippen LogP contribution in [0.25, 0.3) is 16.7 Å². The minimum Gasteiger partial charge on any atom is -0.444 e. The molecule has 0 saturated heterocycles. The second-order valence-electron chi connectivity index (χ2n) is 8.10. The van der Waals surface area contributed by atoms with E-state index < -0.39 is 11.7 Å². The molecule has 2 N–H and O–H groups in total. The number of thiazole rings is 1. The van der Waals surface area contributed by atoms with Crippen molar-refractivity contribution >= 4 is 34.4 Å². The Labute approximate surface area is 188 Å². The smallest absolute Gasteiger partial charge is 0.407 e. The number of hydrogen-bond donors (Lipinski definition) is 2. The second-order valence-corrected chi connectivity index (χ2v) is 8.97. The van der Waals surface area contributed by atoms with E-state index >= 15 is 0 Å². The van der Waals surface area contributed by atoms with Gasteiger partial charge in [-0.25, -0.2) is 9.78 Å². The molecule has 0 radical (unpaired) electrons. The molecule has 0 bridgehead atoms. The van der Waals surface area contributed by atoms with Crippen LogP contribution in [0.3, 0.4) is 0 Å². The van der Waals surface area contributed by atoms with Gasteiger partial charge in [0.25, 0.3) is 5.91 Å². The summed E-state index contributed by atoms with van der Waals surface area (Å²) in [6, 6.07) is 11.3. The van der Waals surface area contributed by atoms with Gasteiger partial charge in [-0.3, -0.25) is 9.36 Å². The molecule has 4 aromatic rings. The van der Waals surface area contributed by atoms with E-state index in [-0.39, 0.29) is 5.91 Å². The molecule has 1 aromatic carbocycles. The van der Waals surface area contributed by atoms with Crippen LogP contribution in [0.5, 0.6) is 0 Å². The predicted molar refractivity (Wildman–Crippen MR) is 123 cm³/mol. The molecule has 0 atom stereocenters. The van der Waals surface area contributed by atoms with Gasteiger partial charge in [-0.1, -0.05) is 12.1 Å². The van der Waals surface area contributed by atoms with Crippen molar-refractivity contribution in [2.24, 2.45) is 4.99 Å². The Morgan fingerprint density at radius 1 is 1.25 bits per heavy atom. The molecular weight excluding hydrogens is 426 g/mol. The third-order valence-electron chi connectivity index (χ3n) is 4.49. The molecule has 0 unspecified atom stereocenters. The number of nitrogens with zero attached hydrogens (tertiary/aromatic N) is 3. The first kappa shape index (κ1) is 21.5. The molecule has 0 spiro atoms. The summed E-state index contributed by atoms with van der Waals surface area (Å²) >= 11 is 1.37. The van der Waals surface area contributed by atoms with Crippen LogP contribution in [0.4, 0.5) is 4.79 Å². The number of aromatic nitrogens is 3. The fourth-order valence-corrected chi connectivity index (χ4v) is 3.85. The molecule has 0 aliphatic heterocycles. The number of carbonyl (C=O) groups excluding carboxylic acids is 2. The van der Waals surface area contributed by atoms with Crippen LogP contribution >= 0.6 is 11.3 Å². The fraction of sp³-hybridized carbons (Fsp3) is 0.217. The van der Waals surface area contributed by atoms with Crippen LogP contribution < -0.4 is 10.1 Å². The molecule has 0 saturated carbocycles. The van der Waals surface area contributed by atoms with Crippen LogP contribution in [-0.4, -0.2) is 32.1 Å². The average Bonchev–Trinajstić information content (AvgIpc) is 3.38. The van der Waals surface area contributed by atoms with E-state index in [0.29, 0.717) is 22.6 Å². The van der Waals surface area contributed by atoms with Crippen LogP contribution in [0, 0.1) is 0 Å². The maximum atomic E-state index is 12.8. The van der Waals surface area contributed by atoms with Crippen LogP contribution in [0.15, 0.2) is 65.4 Å². The molecule has 2 amide bonds. The number of fused-ring (bicyclic) bond motifs is 1. The number of ether oxygens (including phenoxy) is 1. The minimum atomic E-state index is -0.553. The van der Waals surface area contributed by atoms with Crippen molar-refractivity contribution in [2.45, 2.75) is 32.9 Å². The lowest BCUT2D eigenvalue weighted by Crippen LogP contribution is -2.32. The van der Waals surface area contributed by atoms with Crippen molar-refractivity contribution in [2.75, 3.05) is 0 Å². The number of pyridine rings is 1. The average molecular weight is 450 g/mol. The number of alkyl carbamates (subject to hydrolysis) is 1. The SMILES string of the molecule is CC(C)(C)OC(=O)NCc1cccc(-n2ccsc2=NC(=O)c2c[nH]c3ncccc23)c1. The van der Waals surface area contributed by atoms with Crippen molar-refractivity contribution in [1.29, 1.82) is 0 Å². The van der Waals surface area contributed by atoms with E-state index in [1.54, 1.807) is 18.5 Å². The van der Waals surface area contributed by atoms with Gasteiger partial charge in [-0.2, -0.15) is 4.99 Å². The van der Waals surface area contributed by atoms with Gasteiger partial charge in [-0.15, -0.1) is 11.3 Å². The molecule has 0 aliphatic carbocycles. The highest BCUT2D eigenvalue weighted by molar-refractivity contribution is 7.07. The topological polar surface area (TPSA) is 101 Å². The lowest BCUT2D eigenvalue weighted by atomic mass is 10.2. The molecule has 3 heterocycles. The minimum absolute atomic E-state index is 0.321. The Morgan fingerprint density at radius 2 is 2.09 bits per heavy atom. The molecule has 4 rings (SSSR count). The van der Waals surface area contributed by atoms with E-state index in [1.165, 1.54) is 11.3 Å². The molecule has 0 fully saturated rings. The number of carbonyl (C=O) groups is 2. The van der Waals surface area contributed by atoms with Gasteiger partial charge in [0.2, 0.25) is 0 Å². The Morgan fingerprint density at radius 3 is 2.91 bits per heavy atom. The van der Waals surface area contributed by atoms with Crippen LogP contribution in [0.1, 0.15) is 36.7 Å².